The predicted octanol–water partition coefficient (Wildman–Crippen LogP) is 2.13. The van der Waals surface area contributed by atoms with Gasteiger partial charge in [-0.1, -0.05) is 34.1 Å². The van der Waals surface area contributed by atoms with Gasteiger partial charge in [-0.2, -0.15) is 10.1 Å². The summed E-state index contributed by atoms with van der Waals surface area (Å²) in [6.45, 7) is 3.04. The number of hydrogen-bond donors (Lipinski definition) is 0. The van der Waals surface area contributed by atoms with Crippen LogP contribution < -0.4 is 5.01 Å². The highest BCUT2D eigenvalue weighted by molar-refractivity contribution is 9.11. The lowest BCUT2D eigenvalue weighted by Crippen LogP contribution is -2.46. The van der Waals surface area contributed by atoms with E-state index < -0.39 is 4.32 Å². The molecule has 0 aliphatic carbocycles. The second kappa shape index (κ2) is 4.07. The zero-order chi connectivity index (χ0) is 12.6. The Bertz CT molecular complexity index is 512. The number of para-hydroxylation sites is 1. The van der Waals surface area contributed by atoms with Crippen molar-refractivity contribution < 1.29 is 9.59 Å². The Morgan fingerprint density at radius 2 is 1.94 bits per heavy atom. The third kappa shape index (κ3) is 1.70. The fourth-order valence-corrected chi connectivity index (χ4v) is 1.96. The fraction of sp³-hybridized carbons (Fsp3) is 0.250. The van der Waals surface area contributed by atoms with Crippen LogP contribution in [0.1, 0.15) is 13.8 Å². The molecule has 0 fully saturated rings. The number of hydrazone groups is 1. The Labute approximate surface area is 107 Å². The quantitative estimate of drug-likeness (QED) is 0.620. The number of amides is 1. The first-order valence-electron chi connectivity index (χ1n) is 5.13. The van der Waals surface area contributed by atoms with Crippen molar-refractivity contribution in [3.8, 4) is 0 Å². The van der Waals surface area contributed by atoms with Gasteiger partial charge in [-0.15, -0.1) is 0 Å². The number of alkyl halides is 1. The van der Waals surface area contributed by atoms with E-state index in [4.69, 9.17) is 0 Å². The largest absolute Gasteiger partial charge is 0.297 e. The lowest BCUT2D eigenvalue weighted by atomic mass is 10.00. The van der Waals surface area contributed by atoms with Crippen molar-refractivity contribution in [2.24, 2.45) is 5.10 Å². The predicted molar refractivity (Wildman–Crippen MR) is 69.4 cm³/mol. The van der Waals surface area contributed by atoms with E-state index in [9.17, 15) is 9.59 Å². The van der Waals surface area contributed by atoms with Gasteiger partial charge >= 0.3 is 0 Å². The summed E-state index contributed by atoms with van der Waals surface area (Å²) in [5.74, 6) is -0.629. The molecule has 88 valence electrons. The standard InChI is InChI=1S/C12H11BrN2O2/c1-8-12(13,9(2)16)11(17)15(14-8)10-6-4-3-5-7-10/h3-7H,1-2H3. The molecular weight excluding hydrogens is 284 g/mol. The van der Waals surface area contributed by atoms with Crippen molar-refractivity contribution >= 4 is 39.0 Å². The number of hydrogen-bond acceptors (Lipinski definition) is 3. The molecule has 0 saturated heterocycles. The average molecular weight is 295 g/mol. The summed E-state index contributed by atoms with van der Waals surface area (Å²) in [5, 5.41) is 5.40. The van der Waals surface area contributed by atoms with Gasteiger partial charge in [-0.05, 0) is 26.0 Å². The van der Waals surface area contributed by atoms with Crippen molar-refractivity contribution in [2.75, 3.05) is 5.01 Å². The maximum Gasteiger partial charge on any atom is 0.277 e. The molecule has 0 saturated carbocycles. The minimum atomic E-state index is -1.30. The lowest BCUT2D eigenvalue weighted by molar-refractivity contribution is -0.125. The van der Waals surface area contributed by atoms with Crippen LogP contribution in [0, 0.1) is 0 Å². The lowest BCUT2D eigenvalue weighted by Gasteiger charge is -2.18. The molecule has 0 bridgehead atoms. The molecule has 1 unspecified atom stereocenters. The minimum absolute atomic E-state index is 0.262. The number of ketones is 1. The van der Waals surface area contributed by atoms with Crippen LogP contribution in [0.3, 0.4) is 0 Å². The first-order chi connectivity index (χ1) is 7.98. The molecule has 0 N–H and O–H groups in total. The number of carbonyl (C=O) groups excluding carboxylic acids is 2. The van der Waals surface area contributed by atoms with Gasteiger partial charge in [0, 0.05) is 0 Å². The molecule has 0 aromatic heterocycles. The van der Waals surface area contributed by atoms with E-state index in [1.807, 2.05) is 18.2 Å². The van der Waals surface area contributed by atoms with Crippen LogP contribution in [0.15, 0.2) is 35.4 Å². The molecule has 1 aromatic rings. The Balaban J connectivity index is 2.44. The third-order valence-corrected chi connectivity index (χ3v) is 4.19. The zero-order valence-electron chi connectivity index (χ0n) is 9.48. The summed E-state index contributed by atoms with van der Waals surface area (Å²) >= 11 is 3.21. The molecule has 1 heterocycles. The van der Waals surface area contributed by atoms with Gasteiger partial charge in [0.15, 0.2) is 5.78 Å². The van der Waals surface area contributed by atoms with Gasteiger partial charge in [-0.25, -0.2) is 0 Å². The van der Waals surface area contributed by atoms with Gasteiger partial charge in [0.25, 0.3) is 5.91 Å². The van der Waals surface area contributed by atoms with Crippen LogP contribution in [0.25, 0.3) is 0 Å². The molecule has 4 nitrogen and oxygen atoms in total. The topological polar surface area (TPSA) is 49.7 Å². The van der Waals surface area contributed by atoms with Gasteiger partial charge < -0.3 is 0 Å². The van der Waals surface area contributed by atoms with Gasteiger partial charge in [0.05, 0.1) is 11.4 Å². The van der Waals surface area contributed by atoms with E-state index in [-0.39, 0.29) is 11.7 Å². The monoisotopic (exact) mass is 294 g/mol. The third-order valence-electron chi connectivity index (χ3n) is 2.72. The maximum absolute atomic E-state index is 12.2. The molecule has 0 radical (unpaired) electrons. The SMILES string of the molecule is CC(=O)C1(Br)C(=O)N(c2ccccc2)N=C1C. The summed E-state index contributed by atoms with van der Waals surface area (Å²) in [4.78, 5) is 23.8. The van der Waals surface area contributed by atoms with Crippen molar-refractivity contribution in [1.82, 2.24) is 0 Å². The van der Waals surface area contributed by atoms with E-state index in [0.29, 0.717) is 11.4 Å². The molecule has 1 amide bonds. The molecule has 0 spiro atoms. The van der Waals surface area contributed by atoms with Crippen molar-refractivity contribution in [2.45, 2.75) is 18.2 Å². The molecule has 2 rings (SSSR count). The number of Topliss-reactive ketones (excluding diaryl/α,β-unsaturated/α-hetero) is 1. The highest BCUT2D eigenvalue weighted by atomic mass is 79.9. The van der Waals surface area contributed by atoms with Crippen molar-refractivity contribution in [3.05, 3.63) is 30.3 Å². The normalized spacial score (nSPS) is 23.8. The van der Waals surface area contributed by atoms with Crippen LogP contribution in [-0.2, 0) is 9.59 Å². The van der Waals surface area contributed by atoms with Gasteiger partial charge in [-0.3, -0.25) is 9.59 Å². The summed E-state index contributed by atoms with van der Waals surface area (Å²) in [6, 6.07) is 9.03. The second-order valence-electron chi connectivity index (χ2n) is 3.85. The second-order valence-corrected chi connectivity index (χ2v) is 5.04. The van der Waals surface area contributed by atoms with E-state index in [1.54, 1.807) is 19.1 Å². The van der Waals surface area contributed by atoms with Crippen LogP contribution in [0.4, 0.5) is 5.69 Å². The van der Waals surface area contributed by atoms with Gasteiger partial charge in [0.1, 0.15) is 0 Å². The number of nitrogens with zero attached hydrogens (tertiary/aromatic N) is 2. The Kier molecular flexibility index (Phi) is 2.87. The molecule has 1 aliphatic heterocycles. The number of benzene rings is 1. The molecule has 1 aliphatic rings. The Morgan fingerprint density at radius 3 is 2.41 bits per heavy atom. The van der Waals surface area contributed by atoms with Crippen molar-refractivity contribution in [3.63, 3.8) is 0 Å². The van der Waals surface area contributed by atoms with Crippen LogP contribution in [0.2, 0.25) is 0 Å². The summed E-state index contributed by atoms with van der Waals surface area (Å²) in [6.07, 6.45) is 0. The Morgan fingerprint density at radius 1 is 1.35 bits per heavy atom. The maximum atomic E-state index is 12.2. The van der Waals surface area contributed by atoms with Crippen LogP contribution >= 0.6 is 15.9 Å². The number of anilines is 1. The number of halogens is 1. The first-order valence-corrected chi connectivity index (χ1v) is 5.92. The van der Waals surface area contributed by atoms with E-state index in [2.05, 4.69) is 21.0 Å². The summed E-state index contributed by atoms with van der Waals surface area (Å²) in [7, 11) is 0. The summed E-state index contributed by atoms with van der Waals surface area (Å²) < 4.78 is -1.30. The Hall–Kier alpha value is -1.49. The highest BCUT2D eigenvalue weighted by Gasteiger charge is 2.51. The molecule has 5 heteroatoms. The molecule has 1 aromatic carbocycles. The minimum Gasteiger partial charge on any atom is -0.297 e. The van der Waals surface area contributed by atoms with E-state index in [0.717, 1.165) is 0 Å². The van der Waals surface area contributed by atoms with Crippen LogP contribution in [-0.4, -0.2) is 21.7 Å². The van der Waals surface area contributed by atoms with Crippen molar-refractivity contribution in [1.29, 1.82) is 0 Å². The van der Waals surface area contributed by atoms with E-state index in [1.165, 1.54) is 11.9 Å². The molecule has 17 heavy (non-hydrogen) atoms. The van der Waals surface area contributed by atoms with Crippen LogP contribution in [0.5, 0.6) is 0 Å². The number of rotatable bonds is 2. The first kappa shape index (κ1) is 12.0. The van der Waals surface area contributed by atoms with E-state index >= 15 is 0 Å². The number of carbonyl (C=O) groups is 2. The highest BCUT2D eigenvalue weighted by Crippen LogP contribution is 2.33. The molecular formula is C12H11BrN2O2. The summed E-state index contributed by atoms with van der Waals surface area (Å²) in [5.41, 5.74) is 1.11. The van der Waals surface area contributed by atoms with Gasteiger partial charge in [0.2, 0.25) is 4.32 Å². The molecule has 1 atom stereocenters. The zero-order valence-corrected chi connectivity index (χ0v) is 11.1. The average Bonchev–Trinajstić information content (AvgIpc) is 2.56. The fourth-order valence-electron chi connectivity index (χ4n) is 1.71. The smallest absolute Gasteiger partial charge is 0.277 e.